The minimum Gasteiger partial charge on any atom is -0.377 e. The number of hydrogen-bond acceptors (Lipinski definition) is 2. The van der Waals surface area contributed by atoms with Crippen molar-refractivity contribution in [2.45, 2.75) is 20.0 Å². The van der Waals surface area contributed by atoms with Gasteiger partial charge in [0.05, 0.1) is 12.7 Å². The Morgan fingerprint density at radius 1 is 1.40 bits per heavy atom. The van der Waals surface area contributed by atoms with Crippen molar-refractivity contribution >= 4 is 22.6 Å². The Bertz CT molecular complexity index is 68.6. The molecule has 1 N–H and O–H groups in total. The van der Waals surface area contributed by atoms with Crippen molar-refractivity contribution in [2.75, 3.05) is 24.1 Å². The summed E-state index contributed by atoms with van der Waals surface area (Å²) in [7, 11) is 0. The van der Waals surface area contributed by atoms with Gasteiger partial charge in [0.2, 0.25) is 0 Å². The number of ether oxygens (including phenoxy) is 1. The molecule has 0 aliphatic rings. The van der Waals surface area contributed by atoms with E-state index in [9.17, 15) is 0 Å². The second-order valence-corrected chi connectivity index (χ2v) is 3.44. The number of hydrogen-bond donors (Lipinski definition) is 1. The average Bonchev–Trinajstić information content (AvgIpc) is 1.87. The van der Waals surface area contributed by atoms with E-state index in [2.05, 4.69) is 41.8 Å². The zero-order valence-corrected chi connectivity index (χ0v) is 8.85. The first-order chi connectivity index (χ1) is 4.77. The van der Waals surface area contributed by atoms with E-state index in [1.54, 1.807) is 0 Å². The minimum atomic E-state index is 0.362. The van der Waals surface area contributed by atoms with Crippen LogP contribution in [0, 0.1) is 0 Å². The van der Waals surface area contributed by atoms with Gasteiger partial charge in [-0.25, -0.2) is 0 Å². The smallest absolute Gasteiger partial charge is 0.0594 e. The van der Waals surface area contributed by atoms with Gasteiger partial charge < -0.3 is 10.1 Å². The maximum atomic E-state index is 5.32. The van der Waals surface area contributed by atoms with Gasteiger partial charge in [0, 0.05) is 17.5 Å². The predicted molar refractivity (Wildman–Crippen MR) is 52.8 cm³/mol. The molecular weight excluding hydrogens is 241 g/mol. The monoisotopic (exact) mass is 257 g/mol. The molecule has 0 aliphatic carbocycles. The molecule has 0 bridgehead atoms. The van der Waals surface area contributed by atoms with Crippen LogP contribution >= 0.6 is 22.6 Å². The highest BCUT2D eigenvalue weighted by Gasteiger charge is 1.90. The van der Waals surface area contributed by atoms with E-state index in [1.165, 1.54) is 4.43 Å². The Morgan fingerprint density at radius 3 is 2.60 bits per heavy atom. The Kier molecular flexibility index (Phi) is 8.26. The van der Waals surface area contributed by atoms with Crippen molar-refractivity contribution in [1.82, 2.24) is 5.32 Å². The summed E-state index contributed by atoms with van der Waals surface area (Å²) in [6.07, 6.45) is 0.362. The lowest BCUT2D eigenvalue weighted by atomic mass is 10.5. The molecule has 0 heterocycles. The first kappa shape index (κ1) is 10.7. The van der Waals surface area contributed by atoms with Crippen molar-refractivity contribution in [2.24, 2.45) is 0 Å². The molecule has 3 heteroatoms. The summed E-state index contributed by atoms with van der Waals surface area (Å²) in [5, 5.41) is 3.26. The summed E-state index contributed by atoms with van der Waals surface area (Å²) in [5.74, 6) is 0. The van der Waals surface area contributed by atoms with Gasteiger partial charge in [-0.2, -0.15) is 0 Å². The number of nitrogens with one attached hydrogen (secondary N) is 1. The first-order valence-electron chi connectivity index (χ1n) is 3.65. The highest BCUT2D eigenvalue weighted by atomic mass is 127. The van der Waals surface area contributed by atoms with Gasteiger partial charge in [-0.1, -0.05) is 22.6 Å². The molecular formula is C7H16INO. The zero-order chi connectivity index (χ0) is 7.82. The Balaban J connectivity index is 2.77. The normalized spacial score (nSPS) is 10.8. The van der Waals surface area contributed by atoms with Gasteiger partial charge in [0.25, 0.3) is 0 Å². The molecule has 0 spiro atoms. The van der Waals surface area contributed by atoms with E-state index in [-0.39, 0.29) is 0 Å². The number of alkyl halides is 1. The van der Waals surface area contributed by atoms with Crippen LogP contribution in [0.25, 0.3) is 0 Å². The lowest BCUT2D eigenvalue weighted by molar-refractivity contribution is 0.0812. The maximum Gasteiger partial charge on any atom is 0.0594 e. The third-order valence-electron chi connectivity index (χ3n) is 1.00. The zero-order valence-electron chi connectivity index (χ0n) is 6.69. The van der Waals surface area contributed by atoms with E-state index in [1.807, 2.05) is 0 Å². The minimum absolute atomic E-state index is 0.362. The number of halogens is 1. The van der Waals surface area contributed by atoms with Gasteiger partial charge in [-0.05, 0) is 13.8 Å². The van der Waals surface area contributed by atoms with Crippen LogP contribution in [0.1, 0.15) is 13.8 Å². The summed E-state index contributed by atoms with van der Waals surface area (Å²) in [5.41, 5.74) is 0. The lowest BCUT2D eigenvalue weighted by Crippen LogP contribution is -2.22. The van der Waals surface area contributed by atoms with E-state index in [0.717, 1.165) is 19.7 Å². The summed E-state index contributed by atoms with van der Waals surface area (Å²) in [6, 6.07) is 0. The fourth-order valence-electron chi connectivity index (χ4n) is 0.559. The average molecular weight is 257 g/mol. The van der Waals surface area contributed by atoms with E-state index < -0.39 is 0 Å². The van der Waals surface area contributed by atoms with Crippen LogP contribution in [0.3, 0.4) is 0 Å². The molecule has 0 unspecified atom stereocenters. The van der Waals surface area contributed by atoms with Crippen LogP contribution in [0.2, 0.25) is 0 Å². The fourth-order valence-corrected chi connectivity index (χ4v) is 0.940. The standard InChI is InChI=1S/C7H16INO/c1-7(2)10-6-5-9-4-3-8/h7,9H,3-6H2,1-2H3. The molecule has 0 fully saturated rings. The summed E-state index contributed by atoms with van der Waals surface area (Å²) >= 11 is 2.35. The second-order valence-electron chi connectivity index (χ2n) is 2.36. The molecule has 0 aliphatic heterocycles. The first-order valence-corrected chi connectivity index (χ1v) is 5.18. The summed E-state index contributed by atoms with van der Waals surface area (Å²) in [6.45, 7) is 6.99. The van der Waals surface area contributed by atoms with Gasteiger partial charge in [0.1, 0.15) is 0 Å². The molecule has 0 amide bonds. The molecule has 0 saturated heterocycles. The van der Waals surface area contributed by atoms with Crippen molar-refractivity contribution in [1.29, 1.82) is 0 Å². The molecule has 0 rings (SSSR count). The quantitative estimate of drug-likeness (QED) is 0.441. The molecule has 0 saturated carbocycles. The van der Waals surface area contributed by atoms with Crippen molar-refractivity contribution < 1.29 is 4.74 Å². The highest BCUT2D eigenvalue weighted by molar-refractivity contribution is 14.1. The van der Waals surface area contributed by atoms with Crippen LogP contribution < -0.4 is 5.32 Å². The van der Waals surface area contributed by atoms with E-state index in [4.69, 9.17) is 4.74 Å². The van der Waals surface area contributed by atoms with Crippen LogP contribution in [-0.2, 0) is 4.74 Å². The van der Waals surface area contributed by atoms with Crippen molar-refractivity contribution in [3.63, 3.8) is 0 Å². The van der Waals surface area contributed by atoms with Gasteiger partial charge in [-0.3, -0.25) is 0 Å². The van der Waals surface area contributed by atoms with E-state index in [0.29, 0.717) is 6.10 Å². The SMILES string of the molecule is CC(C)OCCNCCI. The van der Waals surface area contributed by atoms with Crippen LogP contribution in [-0.4, -0.2) is 30.2 Å². The topological polar surface area (TPSA) is 21.3 Å². The van der Waals surface area contributed by atoms with E-state index >= 15 is 0 Å². The largest absolute Gasteiger partial charge is 0.377 e. The lowest BCUT2D eigenvalue weighted by Gasteiger charge is -2.06. The van der Waals surface area contributed by atoms with Crippen LogP contribution in [0.4, 0.5) is 0 Å². The van der Waals surface area contributed by atoms with Crippen molar-refractivity contribution in [3.05, 3.63) is 0 Å². The fraction of sp³-hybridized carbons (Fsp3) is 1.00. The molecule has 0 aromatic carbocycles. The highest BCUT2D eigenvalue weighted by Crippen LogP contribution is 1.84. The third-order valence-corrected chi connectivity index (χ3v) is 1.54. The molecule has 0 radical (unpaired) electrons. The van der Waals surface area contributed by atoms with Gasteiger partial charge in [-0.15, -0.1) is 0 Å². The predicted octanol–water partition coefficient (Wildman–Crippen LogP) is 1.44. The number of rotatable bonds is 6. The molecule has 2 nitrogen and oxygen atoms in total. The third kappa shape index (κ3) is 8.65. The Labute approximate surface area is 76.9 Å². The molecule has 0 aromatic heterocycles. The molecule has 0 aromatic rings. The summed E-state index contributed by atoms with van der Waals surface area (Å²) in [4.78, 5) is 0. The Morgan fingerprint density at radius 2 is 2.10 bits per heavy atom. The molecule has 62 valence electrons. The van der Waals surface area contributed by atoms with Crippen LogP contribution in [0.5, 0.6) is 0 Å². The Hall–Kier alpha value is 0.650. The maximum absolute atomic E-state index is 5.32. The van der Waals surface area contributed by atoms with Gasteiger partial charge in [0.15, 0.2) is 0 Å². The molecule has 0 atom stereocenters. The summed E-state index contributed by atoms with van der Waals surface area (Å²) < 4.78 is 6.49. The second kappa shape index (κ2) is 7.75. The molecule has 10 heavy (non-hydrogen) atoms. The van der Waals surface area contributed by atoms with Crippen molar-refractivity contribution in [3.8, 4) is 0 Å². The van der Waals surface area contributed by atoms with Gasteiger partial charge >= 0.3 is 0 Å². The van der Waals surface area contributed by atoms with Crippen LogP contribution in [0.15, 0.2) is 0 Å².